The Morgan fingerprint density at radius 3 is 2.32 bits per heavy atom. The van der Waals surface area contributed by atoms with Crippen LogP contribution in [0.15, 0.2) is 67.5 Å². The lowest BCUT2D eigenvalue weighted by Crippen LogP contribution is -2.58. The maximum Gasteiger partial charge on any atom is 0.256 e. The van der Waals surface area contributed by atoms with Crippen molar-refractivity contribution in [2.75, 3.05) is 13.1 Å². The van der Waals surface area contributed by atoms with Crippen molar-refractivity contribution in [2.24, 2.45) is 5.41 Å². The minimum atomic E-state index is -1.19. The van der Waals surface area contributed by atoms with Crippen molar-refractivity contribution in [3.8, 4) is 0 Å². The van der Waals surface area contributed by atoms with E-state index in [0.29, 0.717) is 18.7 Å². The summed E-state index contributed by atoms with van der Waals surface area (Å²) in [6, 6.07) is 12.8. The molecule has 5 nitrogen and oxygen atoms in total. The van der Waals surface area contributed by atoms with Crippen LogP contribution < -0.4 is 5.32 Å². The SMILES string of the molecule is C=CCNC(=O)C(C)(c1ccccc1)N(CC(C)(C)C)C(=O)c1cccnc1. The summed E-state index contributed by atoms with van der Waals surface area (Å²) >= 11 is 0. The number of carbonyl (C=O) groups excluding carboxylic acids is 2. The van der Waals surface area contributed by atoms with E-state index in [2.05, 4.69) is 16.9 Å². The van der Waals surface area contributed by atoms with Gasteiger partial charge in [0, 0.05) is 25.5 Å². The number of rotatable bonds is 7. The zero-order chi connectivity index (χ0) is 20.8. The first-order chi connectivity index (χ1) is 13.2. The topological polar surface area (TPSA) is 62.3 Å². The lowest BCUT2D eigenvalue weighted by Gasteiger charge is -2.43. The Morgan fingerprint density at radius 1 is 1.11 bits per heavy atom. The van der Waals surface area contributed by atoms with Gasteiger partial charge >= 0.3 is 0 Å². The fraction of sp³-hybridized carbons (Fsp3) is 0.348. The smallest absolute Gasteiger partial charge is 0.256 e. The summed E-state index contributed by atoms with van der Waals surface area (Å²) in [5.41, 5.74) is -0.208. The van der Waals surface area contributed by atoms with Gasteiger partial charge in [-0.2, -0.15) is 0 Å². The van der Waals surface area contributed by atoms with Crippen molar-refractivity contribution in [3.63, 3.8) is 0 Å². The van der Waals surface area contributed by atoms with Crippen LogP contribution in [0.4, 0.5) is 0 Å². The molecule has 5 heteroatoms. The van der Waals surface area contributed by atoms with Gasteiger partial charge in [0.1, 0.15) is 5.54 Å². The molecule has 0 aliphatic carbocycles. The molecule has 0 saturated heterocycles. The highest BCUT2D eigenvalue weighted by Crippen LogP contribution is 2.33. The molecule has 1 aromatic carbocycles. The number of hydrogen-bond acceptors (Lipinski definition) is 3. The summed E-state index contributed by atoms with van der Waals surface area (Å²) in [4.78, 5) is 32.5. The van der Waals surface area contributed by atoms with Gasteiger partial charge in [-0.05, 0) is 30.0 Å². The van der Waals surface area contributed by atoms with Crippen molar-refractivity contribution in [2.45, 2.75) is 33.2 Å². The lowest BCUT2D eigenvalue weighted by atomic mass is 9.85. The molecule has 0 spiro atoms. The van der Waals surface area contributed by atoms with Crippen molar-refractivity contribution in [3.05, 3.63) is 78.6 Å². The van der Waals surface area contributed by atoms with Gasteiger partial charge in [0.25, 0.3) is 11.8 Å². The second-order valence-corrected chi connectivity index (χ2v) is 8.13. The first-order valence-electron chi connectivity index (χ1n) is 9.37. The van der Waals surface area contributed by atoms with Gasteiger partial charge in [-0.25, -0.2) is 0 Å². The normalized spacial score (nSPS) is 13.3. The number of hydrogen-bond donors (Lipinski definition) is 1. The fourth-order valence-electron chi connectivity index (χ4n) is 3.06. The van der Waals surface area contributed by atoms with Crippen LogP contribution >= 0.6 is 0 Å². The van der Waals surface area contributed by atoms with Crippen molar-refractivity contribution in [1.82, 2.24) is 15.2 Å². The van der Waals surface area contributed by atoms with E-state index < -0.39 is 5.54 Å². The molecular formula is C23H29N3O2. The fourth-order valence-corrected chi connectivity index (χ4v) is 3.06. The monoisotopic (exact) mass is 379 g/mol. The molecule has 2 rings (SSSR count). The van der Waals surface area contributed by atoms with E-state index in [-0.39, 0.29) is 17.2 Å². The molecule has 1 N–H and O–H groups in total. The Labute approximate surface area is 167 Å². The second-order valence-electron chi connectivity index (χ2n) is 8.13. The summed E-state index contributed by atoms with van der Waals surface area (Å²) in [5.74, 6) is -0.483. The quantitative estimate of drug-likeness (QED) is 0.745. The van der Waals surface area contributed by atoms with Crippen molar-refractivity contribution in [1.29, 1.82) is 0 Å². The van der Waals surface area contributed by atoms with E-state index in [4.69, 9.17) is 0 Å². The Balaban J connectivity index is 2.62. The second kappa shape index (κ2) is 8.83. The maximum atomic E-state index is 13.5. The Bertz CT molecular complexity index is 813. The van der Waals surface area contributed by atoms with Gasteiger partial charge in [0.2, 0.25) is 0 Å². The van der Waals surface area contributed by atoms with E-state index >= 15 is 0 Å². The molecular weight excluding hydrogens is 350 g/mol. The highest BCUT2D eigenvalue weighted by molar-refractivity contribution is 5.99. The van der Waals surface area contributed by atoms with Gasteiger partial charge in [-0.3, -0.25) is 14.6 Å². The Hall–Kier alpha value is -2.95. The van der Waals surface area contributed by atoms with Gasteiger partial charge in [-0.1, -0.05) is 57.2 Å². The van der Waals surface area contributed by atoms with Crippen LogP contribution in [-0.4, -0.2) is 34.8 Å². The molecule has 1 unspecified atom stereocenters. The molecule has 0 aliphatic rings. The first kappa shape index (κ1) is 21.4. The summed E-state index contributed by atoms with van der Waals surface area (Å²) in [5, 5.41) is 2.88. The van der Waals surface area contributed by atoms with Crippen LogP contribution in [0.3, 0.4) is 0 Å². The molecule has 1 atom stereocenters. The zero-order valence-electron chi connectivity index (χ0n) is 17.1. The molecule has 148 valence electrons. The summed E-state index contributed by atoms with van der Waals surface area (Å²) < 4.78 is 0. The van der Waals surface area contributed by atoms with Crippen LogP contribution in [-0.2, 0) is 10.3 Å². The molecule has 28 heavy (non-hydrogen) atoms. The van der Waals surface area contributed by atoms with Crippen LogP contribution in [0.2, 0.25) is 0 Å². The third kappa shape index (κ3) is 4.85. The zero-order valence-corrected chi connectivity index (χ0v) is 17.1. The van der Waals surface area contributed by atoms with E-state index in [0.717, 1.165) is 5.56 Å². The summed E-state index contributed by atoms with van der Waals surface area (Å²) in [7, 11) is 0. The highest BCUT2D eigenvalue weighted by Gasteiger charge is 2.45. The minimum Gasteiger partial charge on any atom is -0.350 e. The van der Waals surface area contributed by atoms with Crippen LogP contribution in [0.25, 0.3) is 0 Å². The molecule has 1 aromatic heterocycles. The van der Waals surface area contributed by atoms with E-state index in [1.54, 1.807) is 36.2 Å². The molecule has 0 bridgehead atoms. The number of nitrogens with zero attached hydrogens (tertiary/aromatic N) is 2. The van der Waals surface area contributed by atoms with E-state index in [1.807, 2.05) is 51.1 Å². The van der Waals surface area contributed by atoms with Gasteiger partial charge in [-0.15, -0.1) is 6.58 Å². The summed E-state index contributed by atoms with van der Waals surface area (Å²) in [6.45, 7) is 12.3. The number of benzene rings is 1. The Morgan fingerprint density at radius 2 is 1.79 bits per heavy atom. The molecule has 2 amide bonds. The van der Waals surface area contributed by atoms with Gasteiger partial charge in [0.15, 0.2) is 0 Å². The van der Waals surface area contributed by atoms with Gasteiger partial charge < -0.3 is 10.2 Å². The highest BCUT2D eigenvalue weighted by atomic mass is 16.2. The minimum absolute atomic E-state index is 0.216. The molecule has 1 heterocycles. The average Bonchev–Trinajstić information content (AvgIpc) is 2.69. The Kier molecular flexibility index (Phi) is 6.73. The number of carbonyl (C=O) groups is 2. The molecule has 0 aliphatic heterocycles. The van der Waals surface area contributed by atoms with Gasteiger partial charge in [0.05, 0.1) is 5.56 Å². The third-order valence-electron chi connectivity index (χ3n) is 4.51. The largest absolute Gasteiger partial charge is 0.350 e. The molecule has 0 saturated carbocycles. The molecule has 0 radical (unpaired) electrons. The lowest BCUT2D eigenvalue weighted by molar-refractivity contribution is -0.132. The van der Waals surface area contributed by atoms with E-state index in [1.165, 1.54) is 6.20 Å². The van der Waals surface area contributed by atoms with Crippen LogP contribution in [0.5, 0.6) is 0 Å². The number of amides is 2. The average molecular weight is 380 g/mol. The predicted octanol–water partition coefficient (Wildman–Crippen LogP) is 3.79. The predicted molar refractivity (Wildman–Crippen MR) is 112 cm³/mol. The standard InChI is InChI=1S/C23H29N3O2/c1-6-14-25-21(28)23(5,19-12-8-7-9-13-19)26(17-22(2,3)4)20(27)18-11-10-15-24-16-18/h6-13,15-16H,1,14,17H2,2-5H3,(H,25,28). The molecule has 2 aromatic rings. The van der Waals surface area contributed by atoms with E-state index in [9.17, 15) is 9.59 Å². The third-order valence-corrected chi connectivity index (χ3v) is 4.51. The van der Waals surface area contributed by atoms with Crippen molar-refractivity contribution >= 4 is 11.8 Å². The number of aromatic nitrogens is 1. The summed E-state index contributed by atoms with van der Waals surface area (Å²) in [6.07, 6.45) is 4.78. The van der Waals surface area contributed by atoms with Crippen LogP contribution in [0.1, 0.15) is 43.6 Å². The number of pyridine rings is 1. The first-order valence-corrected chi connectivity index (χ1v) is 9.37. The van der Waals surface area contributed by atoms with Crippen molar-refractivity contribution < 1.29 is 9.59 Å². The van der Waals surface area contributed by atoms with Crippen LogP contribution in [0, 0.1) is 5.41 Å². The number of nitrogens with one attached hydrogen (secondary N) is 1. The maximum absolute atomic E-state index is 13.5. The molecule has 0 fully saturated rings.